The Labute approximate surface area is 123 Å². The second kappa shape index (κ2) is 7.16. The zero-order chi connectivity index (χ0) is 15.3. The first-order valence-electron chi connectivity index (χ1n) is 6.25. The van der Waals surface area contributed by atoms with Gasteiger partial charge >= 0.3 is 5.97 Å². The lowest BCUT2D eigenvalue weighted by molar-refractivity contribution is 0.0702. The molecule has 1 N–H and O–H groups in total. The van der Waals surface area contributed by atoms with E-state index in [0.717, 1.165) is 24.3 Å². The lowest BCUT2D eigenvalue weighted by atomic mass is 10.4. The largest absolute Gasteiger partial charge is 0.477 e. The van der Waals surface area contributed by atoms with Crippen LogP contribution in [0.2, 0.25) is 0 Å². The zero-order valence-electron chi connectivity index (χ0n) is 11.9. The number of sulfonamides is 1. The van der Waals surface area contributed by atoms with Crippen molar-refractivity contribution >= 4 is 27.3 Å². The number of hydrogen-bond acceptors (Lipinski definition) is 5. The minimum Gasteiger partial charge on any atom is -0.477 e. The summed E-state index contributed by atoms with van der Waals surface area (Å²) >= 11 is 0.928. The maximum absolute atomic E-state index is 12.4. The van der Waals surface area contributed by atoms with E-state index in [4.69, 9.17) is 5.11 Å². The summed E-state index contributed by atoms with van der Waals surface area (Å²) in [5, 5.41) is 10.2. The number of nitrogens with zero attached hydrogens (tertiary/aromatic N) is 2. The van der Waals surface area contributed by atoms with E-state index in [0.29, 0.717) is 13.1 Å². The molecular formula is C12H20N2O4S2. The highest BCUT2D eigenvalue weighted by Crippen LogP contribution is 2.22. The molecule has 0 aromatic carbocycles. The van der Waals surface area contributed by atoms with Gasteiger partial charge in [0.2, 0.25) is 10.0 Å². The van der Waals surface area contributed by atoms with Crippen LogP contribution in [0, 0.1) is 0 Å². The minimum atomic E-state index is -3.60. The Morgan fingerprint density at radius 2 is 2.00 bits per heavy atom. The predicted molar refractivity (Wildman–Crippen MR) is 78.9 cm³/mol. The Balaban J connectivity index is 2.85. The van der Waals surface area contributed by atoms with Crippen LogP contribution in [0.15, 0.2) is 16.3 Å². The number of hydrogen-bond donors (Lipinski definition) is 1. The van der Waals surface area contributed by atoms with Crippen molar-refractivity contribution in [1.82, 2.24) is 9.21 Å². The van der Waals surface area contributed by atoms with Crippen LogP contribution in [0.1, 0.15) is 23.0 Å². The van der Waals surface area contributed by atoms with Gasteiger partial charge in [-0.15, -0.1) is 11.3 Å². The van der Waals surface area contributed by atoms with Gasteiger partial charge in [0.25, 0.3) is 0 Å². The molecule has 1 aromatic rings. The summed E-state index contributed by atoms with van der Waals surface area (Å²) in [4.78, 5) is 12.9. The lowest BCUT2D eigenvalue weighted by Crippen LogP contribution is -2.33. The van der Waals surface area contributed by atoms with Gasteiger partial charge in [-0.2, -0.15) is 4.31 Å². The van der Waals surface area contributed by atoms with Gasteiger partial charge < -0.3 is 10.0 Å². The molecule has 1 heterocycles. The fraction of sp³-hybridized carbons (Fsp3) is 0.583. The number of carbonyl (C=O) groups is 1. The van der Waals surface area contributed by atoms with Gasteiger partial charge in [-0.3, -0.25) is 0 Å². The number of thiophene rings is 1. The third kappa shape index (κ3) is 4.27. The molecule has 20 heavy (non-hydrogen) atoms. The average molecular weight is 320 g/mol. The highest BCUT2D eigenvalue weighted by atomic mass is 32.2. The topological polar surface area (TPSA) is 77.9 Å². The SMILES string of the molecule is CCN(CCCN(C)C)S(=O)(=O)c1csc(C(=O)O)c1. The van der Waals surface area contributed by atoms with Gasteiger partial charge in [-0.05, 0) is 33.1 Å². The number of carboxylic acids is 1. The average Bonchev–Trinajstić information content (AvgIpc) is 2.84. The van der Waals surface area contributed by atoms with Crippen molar-refractivity contribution < 1.29 is 18.3 Å². The molecule has 1 aromatic heterocycles. The van der Waals surface area contributed by atoms with Crippen LogP contribution in [-0.2, 0) is 10.0 Å². The molecule has 0 atom stereocenters. The van der Waals surface area contributed by atoms with Crippen molar-refractivity contribution in [3.8, 4) is 0 Å². The standard InChI is InChI=1S/C12H20N2O4S2/c1-4-14(7-5-6-13(2)3)20(17,18)10-8-11(12(15)16)19-9-10/h8-9H,4-7H2,1-3H3,(H,15,16). The van der Waals surface area contributed by atoms with Crippen molar-refractivity contribution in [2.45, 2.75) is 18.2 Å². The second-order valence-electron chi connectivity index (χ2n) is 4.61. The molecule has 0 amide bonds. The van der Waals surface area contributed by atoms with E-state index in [2.05, 4.69) is 0 Å². The van der Waals surface area contributed by atoms with E-state index >= 15 is 0 Å². The smallest absolute Gasteiger partial charge is 0.345 e. The van der Waals surface area contributed by atoms with Crippen LogP contribution in [0.3, 0.4) is 0 Å². The van der Waals surface area contributed by atoms with Crippen LogP contribution < -0.4 is 0 Å². The normalized spacial score (nSPS) is 12.2. The molecule has 0 spiro atoms. The first-order valence-corrected chi connectivity index (χ1v) is 8.57. The third-order valence-corrected chi connectivity index (χ3v) is 5.81. The molecule has 0 radical (unpaired) electrons. The molecule has 0 aliphatic heterocycles. The molecule has 0 unspecified atom stereocenters. The van der Waals surface area contributed by atoms with Crippen LogP contribution in [-0.4, -0.2) is 62.4 Å². The number of aromatic carboxylic acids is 1. The summed E-state index contributed by atoms with van der Waals surface area (Å²) < 4.78 is 26.2. The quantitative estimate of drug-likeness (QED) is 0.783. The van der Waals surface area contributed by atoms with Crippen molar-refractivity contribution in [2.75, 3.05) is 33.7 Å². The van der Waals surface area contributed by atoms with Gasteiger partial charge in [-0.25, -0.2) is 13.2 Å². The maximum Gasteiger partial charge on any atom is 0.345 e. The molecule has 114 valence electrons. The van der Waals surface area contributed by atoms with Crippen LogP contribution >= 0.6 is 11.3 Å². The fourth-order valence-electron chi connectivity index (χ4n) is 1.73. The van der Waals surface area contributed by atoms with Gasteiger partial charge in [0, 0.05) is 18.5 Å². The summed E-state index contributed by atoms with van der Waals surface area (Å²) in [5.74, 6) is -1.10. The molecule has 8 heteroatoms. The van der Waals surface area contributed by atoms with E-state index in [1.807, 2.05) is 19.0 Å². The van der Waals surface area contributed by atoms with Gasteiger partial charge in [-0.1, -0.05) is 6.92 Å². The number of rotatable bonds is 8. The highest BCUT2D eigenvalue weighted by Gasteiger charge is 2.25. The number of carboxylic acid groups (broad SMARTS) is 1. The fourth-order valence-corrected chi connectivity index (χ4v) is 4.31. The molecule has 0 fully saturated rings. The van der Waals surface area contributed by atoms with Crippen molar-refractivity contribution in [3.63, 3.8) is 0 Å². The minimum absolute atomic E-state index is 0.0351. The molecule has 6 nitrogen and oxygen atoms in total. The Hall–Kier alpha value is -0.960. The first kappa shape index (κ1) is 17.1. The first-order chi connectivity index (χ1) is 9.28. The summed E-state index contributed by atoms with van der Waals surface area (Å²) in [6.07, 6.45) is 0.732. The Bertz CT molecular complexity index is 552. The monoisotopic (exact) mass is 320 g/mol. The molecule has 0 aliphatic rings. The Kier molecular flexibility index (Phi) is 6.12. The maximum atomic E-state index is 12.4. The van der Waals surface area contributed by atoms with Crippen molar-refractivity contribution in [3.05, 3.63) is 16.3 Å². The molecule has 0 bridgehead atoms. The second-order valence-corrected chi connectivity index (χ2v) is 7.45. The molecule has 0 saturated carbocycles. The molecule has 0 aliphatic carbocycles. The predicted octanol–water partition coefficient (Wildman–Crippen LogP) is 1.41. The molecular weight excluding hydrogens is 300 g/mol. The van der Waals surface area contributed by atoms with Crippen molar-refractivity contribution in [2.24, 2.45) is 0 Å². The molecule has 1 rings (SSSR count). The van der Waals surface area contributed by atoms with Crippen molar-refractivity contribution in [1.29, 1.82) is 0 Å². The van der Waals surface area contributed by atoms with E-state index in [-0.39, 0.29) is 9.77 Å². The lowest BCUT2D eigenvalue weighted by Gasteiger charge is -2.20. The van der Waals surface area contributed by atoms with Gasteiger partial charge in [0.1, 0.15) is 4.88 Å². The summed E-state index contributed by atoms with van der Waals surface area (Å²) in [7, 11) is 0.267. The zero-order valence-corrected chi connectivity index (χ0v) is 13.5. The van der Waals surface area contributed by atoms with Crippen LogP contribution in [0.4, 0.5) is 0 Å². The van der Waals surface area contributed by atoms with Gasteiger partial charge in [0.05, 0.1) is 4.90 Å². The van der Waals surface area contributed by atoms with E-state index in [1.165, 1.54) is 15.8 Å². The van der Waals surface area contributed by atoms with E-state index < -0.39 is 16.0 Å². The van der Waals surface area contributed by atoms with E-state index in [9.17, 15) is 13.2 Å². The van der Waals surface area contributed by atoms with Gasteiger partial charge in [0.15, 0.2) is 0 Å². The molecule has 0 saturated heterocycles. The Morgan fingerprint density at radius 1 is 1.35 bits per heavy atom. The van der Waals surface area contributed by atoms with Crippen LogP contribution in [0.25, 0.3) is 0 Å². The summed E-state index contributed by atoms with van der Waals surface area (Å²) in [6, 6.07) is 1.22. The summed E-state index contributed by atoms with van der Waals surface area (Å²) in [5.41, 5.74) is 0. The van der Waals surface area contributed by atoms with E-state index in [1.54, 1.807) is 6.92 Å². The highest BCUT2D eigenvalue weighted by molar-refractivity contribution is 7.89. The summed E-state index contributed by atoms with van der Waals surface area (Å²) in [6.45, 7) is 3.37. The van der Waals surface area contributed by atoms with Crippen LogP contribution in [0.5, 0.6) is 0 Å². The third-order valence-electron chi connectivity index (χ3n) is 2.79. The Morgan fingerprint density at radius 3 is 2.45 bits per heavy atom.